The molecular formula is C11H15NO5. The molecule has 94 valence electrons. The first kappa shape index (κ1) is 17.2. The zero-order chi connectivity index (χ0) is 13.8. The van der Waals surface area contributed by atoms with Crippen LogP contribution in [0.2, 0.25) is 0 Å². The van der Waals surface area contributed by atoms with Gasteiger partial charge in [-0.05, 0) is 0 Å². The van der Waals surface area contributed by atoms with E-state index in [0.29, 0.717) is 0 Å². The number of esters is 2. The number of nitrogens with one attached hydrogen (secondary N) is 1. The minimum Gasteiger partial charge on any atom is -0.422 e. The summed E-state index contributed by atoms with van der Waals surface area (Å²) in [7, 11) is 0. The summed E-state index contributed by atoms with van der Waals surface area (Å²) < 4.78 is 9.57. The molecule has 17 heavy (non-hydrogen) atoms. The number of hydrogen-bond donors (Lipinski definition) is 1. The Kier molecular flexibility index (Phi) is 10.4. The van der Waals surface area contributed by atoms with Gasteiger partial charge in [0.15, 0.2) is 0 Å². The molecule has 0 unspecified atom stereocenters. The number of rotatable bonds is 5. The van der Waals surface area contributed by atoms with Gasteiger partial charge in [-0.25, -0.2) is 19.8 Å². The summed E-state index contributed by atoms with van der Waals surface area (Å²) in [6.45, 7) is 10.00. The first-order valence-corrected chi connectivity index (χ1v) is 4.62. The van der Waals surface area contributed by atoms with E-state index >= 15 is 0 Å². The summed E-state index contributed by atoms with van der Waals surface area (Å²) in [5, 5.41) is 5.40. The van der Waals surface area contributed by atoms with Gasteiger partial charge in [0.1, 0.15) is 0 Å². The summed E-state index contributed by atoms with van der Waals surface area (Å²) in [5.74, 6) is -1.37. The van der Waals surface area contributed by atoms with Crippen LogP contribution >= 0.6 is 0 Å². The van der Waals surface area contributed by atoms with Gasteiger partial charge in [-0.3, -0.25) is 0 Å². The highest BCUT2D eigenvalue weighted by Crippen LogP contribution is 2.09. The van der Waals surface area contributed by atoms with E-state index in [1.54, 1.807) is 13.8 Å². The fourth-order valence-electron chi connectivity index (χ4n) is 0.621. The zero-order valence-electron chi connectivity index (χ0n) is 9.76. The van der Waals surface area contributed by atoms with E-state index in [2.05, 4.69) is 13.2 Å². The molecule has 0 aliphatic rings. The molecular weight excluding hydrogens is 226 g/mol. The summed E-state index contributed by atoms with van der Waals surface area (Å²) in [6, 6.07) is 0. The second kappa shape index (κ2) is 10.3. The van der Waals surface area contributed by atoms with Gasteiger partial charge in [0.2, 0.25) is 12.4 Å². The molecule has 0 spiro atoms. The summed E-state index contributed by atoms with van der Waals surface area (Å²) in [5.41, 5.74) is 0. The van der Waals surface area contributed by atoms with Crippen LogP contribution in [0.25, 0.3) is 0 Å². The smallest absolute Gasteiger partial charge is 0.333 e. The van der Waals surface area contributed by atoms with Crippen LogP contribution in [0, 0.1) is 11.3 Å². The van der Waals surface area contributed by atoms with E-state index in [9.17, 15) is 9.59 Å². The van der Waals surface area contributed by atoms with Crippen molar-refractivity contribution in [1.82, 2.24) is 0 Å². The predicted molar refractivity (Wildman–Crippen MR) is 59.6 cm³/mol. The number of hydrogen-bond acceptors (Lipinski definition) is 6. The van der Waals surface area contributed by atoms with Crippen LogP contribution in [-0.4, -0.2) is 24.3 Å². The molecule has 0 saturated heterocycles. The fraction of sp³-hybridized carbons (Fsp3) is 0.364. The molecule has 6 nitrogen and oxygen atoms in total. The molecule has 1 N–H and O–H groups in total. The molecule has 0 atom stereocenters. The molecule has 6 heteroatoms. The van der Waals surface area contributed by atoms with Crippen molar-refractivity contribution in [3.05, 3.63) is 25.3 Å². The SMILES string of the molecule is C=CC(=O)OC(OC(=O)C=C)C(C)C.N=C=O. The van der Waals surface area contributed by atoms with E-state index < -0.39 is 18.2 Å². The highest BCUT2D eigenvalue weighted by Gasteiger charge is 2.20. The van der Waals surface area contributed by atoms with Crippen LogP contribution in [-0.2, 0) is 23.9 Å². The first-order chi connectivity index (χ1) is 7.92. The van der Waals surface area contributed by atoms with Crippen molar-refractivity contribution >= 4 is 18.0 Å². The van der Waals surface area contributed by atoms with Crippen LogP contribution in [0.3, 0.4) is 0 Å². The Morgan fingerprint density at radius 1 is 1.18 bits per heavy atom. The zero-order valence-corrected chi connectivity index (χ0v) is 9.76. The molecule has 0 saturated carbocycles. The van der Waals surface area contributed by atoms with Crippen molar-refractivity contribution in [2.75, 3.05) is 0 Å². The quantitative estimate of drug-likeness (QED) is 0.257. The van der Waals surface area contributed by atoms with E-state index in [-0.39, 0.29) is 5.92 Å². The number of isocyanates is 1. The normalized spacial score (nSPS) is 8.47. The van der Waals surface area contributed by atoms with Crippen molar-refractivity contribution in [1.29, 1.82) is 5.41 Å². The maximum absolute atomic E-state index is 10.8. The molecule has 0 aliphatic heterocycles. The third-order valence-corrected chi connectivity index (χ3v) is 1.34. The molecule has 0 aliphatic carbocycles. The van der Waals surface area contributed by atoms with Gasteiger partial charge in [-0.15, -0.1) is 0 Å². The number of carbonyl (C=O) groups excluding carboxylic acids is 3. The molecule has 0 heterocycles. The Balaban J connectivity index is 0. The standard InChI is InChI=1S/C10H14O4.CHNO/c1-5-8(11)13-10(7(3)4)14-9(12)6-2;2-1-3/h5-7,10H,1-2H2,3-4H3;2H. The lowest BCUT2D eigenvalue weighted by Gasteiger charge is -2.19. The summed E-state index contributed by atoms with van der Waals surface area (Å²) in [4.78, 5) is 30.0. The average molecular weight is 241 g/mol. The van der Waals surface area contributed by atoms with Gasteiger partial charge in [0.05, 0.1) is 0 Å². The molecule has 0 bridgehead atoms. The van der Waals surface area contributed by atoms with Gasteiger partial charge in [0, 0.05) is 18.1 Å². The molecule has 0 aromatic rings. The second-order valence-electron chi connectivity index (χ2n) is 3.00. The van der Waals surface area contributed by atoms with Crippen LogP contribution < -0.4 is 0 Å². The Morgan fingerprint density at radius 3 is 1.65 bits per heavy atom. The van der Waals surface area contributed by atoms with Crippen LogP contribution in [0.5, 0.6) is 0 Å². The van der Waals surface area contributed by atoms with Gasteiger partial charge < -0.3 is 9.47 Å². The maximum atomic E-state index is 10.8. The molecule has 0 rings (SSSR count). The number of carbonyl (C=O) groups is 2. The van der Waals surface area contributed by atoms with Gasteiger partial charge in [-0.2, -0.15) is 0 Å². The average Bonchev–Trinajstić information content (AvgIpc) is 2.28. The minimum atomic E-state index is -0.897. The molecule has 0 amide bonds. The van der Waals surface area contributed by atoms with Crippen LogP contribution in [0.15, 0.2) is 25.3 Å². The minimum absolute atomic E-state index is 0.122. The summed E-state index contributed by atoms with van der Waals surface area (Å²) in [6.07, 6.45) is 1.87. The highest BCUT2D eigenvalue weighted by molar-refractivity contribution is 5.83. The highest BCUT2D eigenvalue weighted by atomic mass is 16.7. The van der Waals surface area contributed by atoms with E-state index in [1.807, 2.05) is 0 Å². The summed E-state index contributed by atoms with van der Waals surface area (Å²) >= 11 is 0. The van der Waals surface area contributed by atoms with Crippen molar-refractivity contribution in [3.8, 4) is 0 Å². The maximum Gasteiger partial charge on any atom is 0.333 e. The second-order valence-corrected chi connectivity index (χ2v) is 3.00. The Hall–Kier alpha value is -2.20. The largest absolute Gasteiger partial charge is 0.422 e. The topological polar surface area (TPSA) is 93.5 Å². The molecule has 0 aromatic heterocycles. The Labute approximate surface area is 99.4 Å². The lowest BCUT2D eigenvalue weighted by molar-refractivity contribution is -0.188. The van der Waals surface area contributed by atoms with Crippen molar-refractivity contribution in [3.63, 3.8) is 0 Å². The third-order valence-electron chi connectivity index (χ3n) is 1.34. The van der Waals surface area contributed by atoms with Crippen molar-refractivity contribution in [2.24, 2.45) is 5.92 Å². The number of ether oxygens (including phenoxy) is 2. The van der Waals surface area contributed by atoms with E-state index in [4.69, 9.17) is 19.7 Å². The van der Waals surface area contributed by atoms with Crippen LogP contribution in [0.1, 0.15) is 13.8 Å². The first-order valence-electron chi connectivity index (χ1n) is 4.62. The lowest BCUT2D eigenvalue weighted by Crippen LogP contribution is -2.28. The third kappa shape index (κ3) is 10.1. The molecule has 0 aromatic carbocycles. The lowest BCUT2D eigenvalue weighted by atomic mass is 10.2. The van der Waals surface area contributed by atoms with Gasteiger partial charge in [0.25, 0.3) is 0 Å². The van der Waals surface area contributed by atoms with Gasteiger partial charge >= 0.3 is 11.9 Å². The fourth-order valence-corrected chi connectivity index (χ4v) is 0.621. The predicted octanol–water partition coefficient (Wildman–Crippen LogP) is 1.33. The van der Waals surface area contributed by atoms with Crippen molar-refractivity contribution < 1.29 is 23.9 Å². The van der Waals surface area contributed by atoms with E-state index in [1.165, 1.54) is 0 Å². The van der Waals surface area contributed by atoms with Crippen LogP contribution in [0.4, 0.5) is 0 Å². The van der Waals surface area contributed by atoms with Crippen molar-refractivity contribution in [2.45, 2.75) is 20.1 Å². The molecule has 0 radical (unpaired) electrons. The van der Waals surface area contributed by atoms with Gasteiger partial charge in [-0.1, -0.05) is 27.0 Å². The molecule has 0 fully saturated rings. The monoisotopic (exact) mass is 241 g/mol. The Bertz CT molecular complexity index is 294. The van der Waals surface area contributed by atoms with E-state index in [0.717, 1.165) is 18.2 Å². The Morgan fingerprint density at radius 2 is 1.47 bits per heavy atom.